The van der Waals surface area contributed by atoms with E-state index >= 15 is 0 Å². The van der Waals surface area contributed by atoms with Crippen molar-refractivity contribution in [1.29, 1.82) is 0 Å². The topological polar surface area (TPSA) is 38.3 Å². The Bertz CT molecular complexity index is 297. The highest BCUT2D eigenvalue weighted by Crippen LogP contribution is 2.05. The van der Waals surface area contributed by atoms with E-state index in [4.69, 9.17) is 0 Å². The lowest BCUT2D eigenvalue weighted by molar-refractivity contribution is 0.0600. The van der Waals surface area contributed by atoms with Crippen molar-refractivity contribution in [2.75, 3.05) is 14.2 Å². The Labute approximate surface area is 77.7 Å². The largest absolute Gasteiger partial charge is 0.465 e. The average molecular weight is 179 g/mol. The summed E-state index contributed by atoms with van der Waals surface area (Å²) in [4.78, 5) is 11.1. The number of esters is 1. The lowest BCUT2D eigenvalue weighted by Crippen LogP contribution is -2.07. The molecule has 1 aromatic carbocycles. The zero-order chi connectivity index (χ0) is 9.68. The summed E-state index contributed by atoms with van der Waals surface area (Å²) in [6.45, 7) is 0.755. The van der Waals surface area contributed by atoms with Crippen LogP contribution in [-0.4, -0.2) is 20.1 Å². The van der Waals surface area contributed by atoms with E-state index < -0.39 is 0 Å². The fourth-order valence-electron chi connectivity index (χ4n) is 1.13. The molecule has 0 aliphatic carbocycles. The second kappa shape index (κ2) is 4.62. The number of carbonyl (C=O) groups excluding carboxylic acids is 1. The van der Waals surface area contributed by atoms with Gasteiger partial charge in [0.2, 0.25) is 0 Å². The molecule has 1 N–H and O–H groups in total. The first-order valence-electron chi connectivity index (χ1n) is 4.09. The lowest BCUT2D eigenvalue weighted by Gasteiger charge is -2.02. The van der Waals surface area contributed by atoms with Crippen molar-refractivity contribution in [3.8, 4) is 0 Å². The Kier molecular flexibility index (Phi) is 3.46. The highest BCUT2D eigenvalue weighted by atomic mass is 16.5. The van der Waals surface area contributed by atoms with Gasteiger partial charge < -0.3 is 10.1 Å². The maximum absolute atomic E-state index is 11.1. The van der Waals surface area contributed by atoms with Gasteiger partial charge in [-0.3, -0.25) is 0 Å². The Morgan fingerprint density at radius 2 is 2.31 bits per heavy atom. The zero-order valence-corrected chi connectivity index (χ0v) is 7.83. The molecule has 0 aliphatic heterocycles. The van der Waals surface area contributed by atoms with Crippen molar-refractivity contribution in [3.63, 3.8) is 0 Å². The molecule has 0 aromatic heterocycles. The van der Waals surface area contributed by atoms with Gasteiger partial charge in [-0.1, -0.05) is 12.1 Å². The third-order valence-corrected chi connectivity index (χ3v) is 1.73. The smallest absolute Gasteiger partial charge is 0.337 e. The quantitative estimate of drug-likeness (QED) is 0.708. The van der Waals surface area contributed by atoms with Crippen LogP contribution in [0.5, 0.6) is 0 Å². The third kappa shape index (κ3) is 2.56. The summed E-state index contributed by atoms with van der Waals surface area (Å²) in [7, 11) is 3.25. The van der Waals surface area contributed by atoms with Gasteiger partial charge in [0.1, 0.15) is 0 Å². The first kappa shape index (κ1) is 9.74. The number of hydrogen-bond acceptors (Lipinski definition) is 3. The minimum absolute atomic E-state index is 0.294. The van der Waals surface area contributed by atoms with E-state index in [1.807, 2.05) is 25.2 Å². The van der Waals surface area contributed by atoms with Crippen molar-refractivity contribution in [2.45, 2.75) is 6.54 Å². The molecule has 0 atom stereocenters. The fourth-order valence-corrected chi connectivity index (χ4v) is 1.13. The molecule has 0 amide bonds. The minimum Gasteiger partial charge on any atom is -0.465 e. The number of benzene rings is 1. The van der Waals surface area contributed by atoms with Crippen LogP contribution >= 0.6 is 0 Å². The molecule has 0 saturated heterocycles. The Balaban J connectivity index is 2.85. The first-order chi connectivity index (χ1) is 6.27. The third-order valence-electron chi connectivity index (χ3n) is 1.73. The molecule has 13 heavy (non-hydrogen) atoms. The second-order valence-electron chi connectivity index (χ2n) is 2.72. The van der Waals surface area contributed by atoms with Crippen LogP contribution in [0.1, 0.15) is 15.9 Å². The van der Waals surface area contributed by atoms with E-state index in [2.05, 4.69) is 10.1 Å². The van der Waals surface area contributed by atoms with Gasteiger partial charge in [0.05, 0.1) is 12.7 Å². The Morgan fingerprint density at radius 3 is 2.92 bits per heavy atom. The SMILES string of the molecule is CNCc1cccc(C(=O)OC)c1. The summed E-state index contributed by atoms with van der Waals surface area (Å²) >= 11 is 0. The first-order valence-corrected chi connectivity index (χ1v) is 4.09. The molecule has 0 spiro atoms. The minimum atomic E-state index is -0.294. The average Bonchev–Trinajstić information content (AvgIpc) is 2.18. The van der Waals surface area contributed by atoms with Gasteiger partial charge in [-0.25, -0.2) is 4.79 Å². The van der Waals surface area contributed by atoms with Gasteiger partial charge in [-0.15, -0.1) is 0 Å². The van der Waals surface area contributed by atoms with Crippen molar-refractivity contribution in [2.24, 2.45) is 0 Å². The summed E-state index contributed by atoms with van der Waals surface area (Å²) in [6, 6.07) is 7.37. The van der Waals surface area contributed by atoms with Gasteiger partial charge in [-0.2, -0.15) is 0 Å². The van der Waals surface area contributed by atoms with Crippen LogP contribution in [0.3, 0.4) is 0 Å². The van der Waals surface area contributed by atoms with Crippen LogP contribution < -0.4 is 5.32 Å². The van der Waals surface area contributed by atoms with E-state index in [1.165, 1.54) is 7.11 Å². The molecule has 0 aliphatic rings. The lowest BCUT2D eigenvalue weighted by atomic mass is 10.1. The molecule has 3 heteroatoms. The molecular formula is C10H13NO2. The second-order valence-corrected chi connectivity index (χ2v) is 2.72. The highest BCUT2D eigenvalue weighted by Gasteiger charge is 2.04. The van der Waals surface area contributed by atoms with E-state index in [0.717, 1.165) is 12.1 Å². The van der Waals surface area contributed by atoms with Crippen LogP contribution in [0.25, 0.3) is 0 Å². The maximum atomic E-state index is 11.1. The van der Waals surface area contributed by atoms with Crippen LogP contribution in [0.2, 0.25) is 0 Å². The summed E-state index contributed by atoms with van der Waals surface area (Å²) < 4.78 is 4.61. The molecule has 0 saturated carbocycles. The molecule has 0 fully saturated rings. The van der Waals surface area contributed by atoms with E-state index in [0.29, 0.717) is 5.56 Å². The number of hydrogen-bond donors (Lipinski definition) is 1. The number of carbonyl (C=O) groups is 1. The van der Waals surface area contributed by atoms with Crippen molar-refractivity contribution < 1.29 is 9.53 Å². The van der Waals surface area contributed by atoms with Gasteiger partial charge in [0.25, 0.3) is 0 Å². The van der Waals surface area contributed by atoms with E-state index in [1.54, 1.807) is 6.07 Å². The predicted octanol–water partition coefficient (Wildman–Crippen LogP) is 1.19. The van der Waals surface area contributed by atoms with Crippen molar-refractivity contribution in [3.05, 3.63) is 35.4 Å². The fraction of sp³-hybridized carbons (Fsp3) is 0.300. The molecule has 0 heterocycles. The maximum Gasteiger partial charge on any atom is 0.337 e. The van der Waals surface area contributed by atoms with Gasteiger partial charge in [0.15, 0.2) is 0 Å². The molecule has 0 radical (unpaired) electrons. The summed E-state index contributed by atoms with van der Waals surface area (Å²) in [6.07, 6.45) is 0. The molecule has 70 valence electrons. The van der Waals surface area contributed by atoms with Crippen LogP contribution in [0.4, 0.5) is 0 Å². The van der Waals surface area contributed by atoms with Crippen LogP contribution in [-0.2, 0) is 11.3 Å². The van der Waals surface area contributed by atoms with Gasteiger partial charge >= 0.3 is 5.97 Å². The summed E-state index contributed by atoms with van der Waals surface area (Å²) in [5, 5.41) is 3.02. The molecule has 0 bridgehead atoms. The molecular weight excluding hydrogens is 166 g/mol. The predicted molar refractivity (Wildman–Crippen MR) is 50.5 cm³/mol. The van der Waals surface area contributed by atoms with Gasteiger partial charge in [0, 0.05) is 6.54 Å². The molecule has 3 nitrogen and oxygen atoms in total. The van der Waals surface area contributed by atoms with Crippen molar-refractivity contribution >= 4 is 5.97 Å². The zero-order valence-electron chi connectivity index (χ0n) is 7.83. The normalized spacial score (nSPS) is 9.69. The Hall–Kier alpha value is -1.35. The number of methoxy groups -OCH3 is 1. The summed E-state index contributed by atoms with van der Waals surface area (Å²) in [5.74, 6) is -0.294. The number of ether oxygens (including phenoxy) is 1. The summed E-state index contributed by atoms with van der Waals surface area (Å²) in [5.41, 5.74) is 1.67. The molecule has 1 aromatic rings. The van der Waals surface area contributed by atoms with Crippen LogP contribution in [0.15, 0.2) is 24.3 Å². The number of rotatable bonds is 3. The molecule has 1 rings (SSSR count). The molecule has 0 unspecified atom stereocenters. The Morgan fingerprint density at radius 1 is 1.54 bits per heavy atom. The standard InChI is InChI=1S/C10H13NO2/c1-11-7-8-4-3-5-9(6-8)10(12)13-2/h3-6,11H,7H2,1-2H3. The van der Waals surface area contributed by atoms with E-state index in [9.17, 15) is 4.79 Å². The van der Waals surface area contributed by atoms with Crippen LogP contribution in [0, 0.1) is 0 Å². The van der Waals surface area contributed by atoms with Gasteiger partial charge in [-0.05, 0) is 24.7 Å². The highest BCUT2D eigenvalue weighted by molar-refractivity contribution is 5.89. The monoisotopic (exact) mass is 179 g/mol. The van der Waals surface area contributed by atoms with Crippen molar-refractivity contribution in [1.82, 2.24) is 5.32 Å². The van der Waals surface area contributed by atoms with E-state index in [-0.39, 0.29) is 5.97 Å². The number of nitrogens with one attached hydrogen (secondary N) is 1.